The highest BCUT2D eigenvalue weighted by atomic mass is 16.4. The normalized spacial score (nSPS) is 15.5. The van der Waals surface area contributed by atoms with E-state index in [0.29, 0.717) is 0 Å². The molecular formula is C15H21N5O2. The molecule has 0 saturated carbocycles. The summed E-state index contributed by atoms with van der Waals surface area (Å²) in [5.74, 6) is -0.850. The van der Waals surface area contributed by atoms with E-state index in [1.807, 2.05) is 22.9 Å². The largest absolute Gasteiger partial charge is 0.480 e. The molecule has 0 bridgehead atoms. The van der Waals surface area contributed by atoms with Gasteiger partial charge in [0.2, 0.25) is 0 Å². The number of aliphatic carboxylic acids is 1. The van der Waals surface area contributed by atoms with E-state index < -0.39 is 5.97 Å². The van der Waals surface area contributed by atoms with Crippen LogP contribution in [0.25, 0.3) is 11.0 Å². The first kappa shape index (κ1) is 14.8. The monoisotopic (exact) mass is 303 g/mol. The second-order valence-electron chi connectivity index (χ2n) is 5.78. The first-order chi connectivity index (χ1) is 10.6. The minimum Gasteiger partial charge on any atom is -0.480 e. The smallest absolute Gasteiger partial charge is 0.323 e. The second kappa shape index (κ2) is 6.31. The van der Waals surface area contributed by atoms with Crippen LogP contribution in [0.3, 0.4) is 0 Å². The van der Waals surface area contributed by atoms with Gasteiger partial charge in [0.15, 0.2) is 0 Å². The molecule has 7 nitrogen and oxygen atoms in total. The third-order valence-electron chi connectivity index (χ3n) is 4.14. The van der Waals surface area contributed by atoms with E-state index in [0.717, 1.165) is 29.8 Å². The maximum absolute atomic E-state index is 10.8. The van der Waals surface area contributed by atoms with Crippen molar-refractivity contribution in [2.24, 2.45) is 0 Å². The second-order valence-corrected chi connectivity index (χ2v) is 5.78. The van der Waals surface area contributed by atoms with E-state index >= 15 is 0 Å². The minimum absolute atomic E-state index is 0.0331. The Labute approximate surface area is 129 Å². The van der Waals surface area contributed by atoms with Crippen molar-refractivity contribution in [3.63, 3.8) is 0 Å². The van der Waals surface area contributed by atoms with E-state index in [-0.39, 0.29) is 6.54 Å². The Bertz CT molecular complexity index is 663. The molecule has 1 aliphatic rings. The summed E-state index contributed by atoms with van der Waals surface area (Å²) >= 11 is 0. The van der Waals surface area contributed by atoms with Crippen LogP contribution < -0.4 is 4.90 Å². The summed E-state index contributed by atoms with van der Waals surface area (Å²) in [5, 5.41) is 17.3. The lowest BCUT2D eigenvalue weighted by molar-refractivity contribution is -0.135. The SMILES string of the molecule is CN(CC(=O)O)c1ccc2c(c1)nnn2CCN1CCCC1. The number of aromatic nitrogens is 3. The number of rotatable bonds is 6. The summed E-state index contributed by atoms with van der Waals surface area (Å²) in [5.41, 5.74) is 2.63. The van der Waals surface area contributed by atoms with Gasteiger partial charge in [0.1, 0.15) is 12.1 Å². The summed E-state index contributed by atoms with van der Waals surface area (Å²) in [4.78, 5) is 14.9. The maximum atomic E-state index is 10.8. The Morgan fingerprint density at radius 3 is 2.82 bits per heavy atom. The van der Waals surface area contributed by atoms with Crippen molar-refractivity contribution >= 4 is 22.7 Å². The third kappa shape index (κ3) is 3.19. The summed E-state index contributed by atoms with van der Waals surface area (Å²) < 4.78 is 1.93. The predicted molar refractivity (Wildman–Crippen MR) is 84.1 cm³/mol. The fourth-order valence-electron chi connectivity index (χ4n) is 2.90. The molecule has 0 amide bonds. The molecule has 1 N–H and O–H groups in total. The molecule has 0 atom stereocenters. The number of carboxylic acids is 1. The lowest BCUT2D eigenvalue weighted by atomic mass is 10.2. The molecule has 3 rings (SSSR count). The number of carboxylic acid groups (broad SMARTS) is 1. The van der Waals surface area contributed by atoms with Crippen LogP contribution in [0.4, 0.5) is 5.69 Å². The van der Waals surface area contributed by atoms with Crippen molar-refractivity contribution < 1.29 is 9.90 Å². The van der Waals surface area contributed by atoms with E-state index in [1.165, 1.54) is 25.9 Å². The summed E-state index contributed by atoms with van der Waals surface area (Å²) in [6.45, 7) is 4.15. The summed E-state index contributed by atoms with van der Waals surface area (Å²) in [6, 6.07) is 5.77. The molecule has 2 heterocycles. The van der Waals surface area contributed by atoms with E-state index in [2.05, 4.69) is 15.2 Å². The van der Waals surface area contributed by atoms with E-state index in [4.69, 9.17) is 5.11 Å². The molecule has 1 aliphatic heterocycles. The van der Waals surface area contributed by atoms with Crippen molar-refractivity contribution in [1.82, 2.24) is 19.9 Å². The predicted octanol–water partition coefficient (Wildman–Crippen LogP) is 1.05. The standard InChI is InChI=1S/C15H21N5O2/c1-18(11-15(21)22)12-4-5-14-13(10-12)16-17-20(14)9-8-19-6-2-3-7-19/h4-5,10H,2-3,6-9,11H2,1H3,(H,21,22). The van der Waals surface area contributed by atoms with Crippen molar-refractivity contribution in [2.75, 3.05) is 38.1 Å². The lowest BCUT2D eigenvalue weighted by Gasteiger charge is -2.16. The Hall–Kier alpha value is -2.15. The average Bonchev–Trinajstić information content (AvgIpc) is 3.13. The van der Waals surface area contributed by atoms with Crippen molar-refractivity contribution in [3.05, 3.63) is 18.2 Å². The van der Waals surface area contributed by atoms with Crippen LogP contribution in [0.15, 0.2) is 18.2 Å². The highest BCUT2D eigenvalue weighted by Crippen LogP contribution is 2.20. The lowest BCUT2D eigenvalue weighted by Crippen LogP contribution is -2.25. The van der Waals surface area contributed by atoms with Gasteiger partial charge >= 0.3 is 5.97 Å². The fourth-order valence-corrected chi connectivity index (χ4v) is 2.90. The number of hydrogen-bond donors (Lipinski definition) is 1. The first-order valence-corrected chi connectivity index (χ1v) is 7.62. The molecule has 7 heteroatoms. The number of likely N-dealkylation sites (tertiary alicyclic amines) is 1. The van der Waals surface area contributed by atoms with Crippen LogP contribution >= 0.6 is 0 Å². The Kier molecular flexibility index (Phi) is 4.24. The zero-order chi connectivity index (χ0) is 15.5. The number of anilines is 1. The molecule has 0 aliphatic carbocycles. The maximum Gasteiger partial charge on any atom is 0.323 e. The van der Waals surface area contributed by atoms with Crippen LogP contribution in [0.1, 0.15) is 12.8 Å². The van der Waals surface area contributed by atoms with Gasteiger partial charge in [-0.25, -0.2) is 4.68 Å². The van der Waals surface area contributed by atoms with Crippen LogP contribution in [0.5, 0.6) is 0 Å². The van der Waals surface area contributed by atoms with Gasteiger partial charge < -0.3 is 14.9 Å². The zero-order valence-electron chi connectivity index (χ0n) is 12.8. The van der Waals surface area contributed by atoms with Crippen LogP contribution in [-0.2, 0) is 11.3 Å². The number of carbonyl (C=O) groups is 1. The molecule has 22 heavy (non-hydrogen) atoms. The number of hydrogen-bond acceptors (Lipinski definition) is 5. The number of nitrogens with zero attached hydrogens (tertiary/aromatic N) is 5. The molecule has 1 aromatic carbocycles. The highest BCUT2D eigenvalue weighted by Gasteiger charge is 2.13. The molecule has 1 aromatic heterocycles. The Balaban J connectivity index is 1.72. The fraction of sp³-hybridized carbons (Fsp3) is 0.533. The minimum atomic E-state index is -0.850. The van der Waals surface area contributed by atoms with Gasteiger partial charge in [-0.05, 0) is 44.1 Å². The third-order valence-corrected chi connectivity index (χ3v) is 4.14. The molecule has 118 valence electrons. The Morgan fingerprint density at radius 1 is 1.32 bits per heavy atom. The van der Waals surface area contributed by atoms with E-state index in [9.17, 15) is 4.79 Å². The quantitative estimate of drug-likeness (QED) is 0.860. The molecule has 1 fully saturated rings. The van der Waals surface area contributed by atoms with Crippen LogP contribution in [0, 0.1) is 0 Å². The summed E-state index contributed by atoms with van der Waals surface area (Å²) in [7, 11) is 1.76. The van der Waals surface area contributed by atoms with Gasteiger partial charge in [-0.15, -0.1) is 5.10 Å². The van der Waals surface area contributed by atoms with Crippen molar-refractivity contribution in [3.8, 4) is 0 Å². The zero-order valence-corrected chi connectivity index (χ0v) is 12.8. The molecule has 0 spiro atoms. The summed E-state index contributed by atoms with van der Waals surface area (Å²) in [6.07, 6.45) is 2.58. The highest BCUT2D eigenvalue weighted by molar-refractivity contribution is 5.80. The van der Waals surface area contributed by atoms with Gasteiger partial charge in [0, 0.05) is 19.3 Å². The van der Waals surface area contributed by atoms with Gasteiger partial charge in [0.25, 0.3) is 0 Å². The molecule has 0 unspecified atom stereocenters. The molecule has 2 aromatic rings. The molecule has 1 saturated heterocycles. The van der Waals surface area contributed by atoms with Crippen molar-refractivity contribution in [2.45, 2.75) is 19.4 Å². The van der Waals surface area contributed by atoms with Crippen LogP contribution in [0.2, 0.25) is 0 Å². The topological polar surface area (TPSA) is 74.5 Å². The van der Waals surface area contributed by atoms with Crippen LogP contribution in [-0.4, -0.2) is 64.2 Å². The molecular weight excluding hydrogens is 282 g/mol. The van der Waals surface area contributed by atoms with Gasteiger partial charge in [-0.3, -0.25) is 4.79 Å². The average molecular weight is 303 g/mol. The molecule has 0 radical (unpaired) electrons. The number of fused-ring (bicyclic) bond motifs is 1. The van der Waals surface area contributed by atoms with Gasteiger partial charge in [0.05, 0.1) is 12.1 Å². The van der Waals surface area contributed by atoms with E-state index in [1.54, 1.807) is 11.9 Å². The first-order valence-electron chi connectivity index (χ1n) is 7.62. The van der Waals surface area contributed by atoms with Gasteiger partial charge in [-0.1, -0.05) is 5.21 Å². The van der Waals surface area contributed by atoms with Crippen molar-refractivity contribution in [1.29, 1.82) is 0 Å². The Morgan fingerprint density at radius 2 is 2.09 bits per heavy atom. The van der Waals surface area contributed by atoms with Gasteiger partial charge in [-0.2, -0.15) is 0 Å². The number of likely N-dealkylation sites (N-methyl/N-ethyl adjacent to an activating group) is 1. The number of benzene rings is 1.